The van der Waals surface area contributed by atoms with E-state index in [4.69, 9.17) is 5.73 Å². The smallest absolute Gasteiger partial charge is 0.327 e. The van der Waals surface area contributed by atoms with Gasteiger partial charge in [-0.3, -0.25) is 4.79 Å². The highest BCUT2D eigenvalue weighted by atomic mass is 16.4. The van der Waals surface area contributed by atoms with Gasteiger partial charge >= 0.3 is 5.97 Å². The number of nitrogens with one attached hydrogen (secondary N) is 1. The predicted molar refractivity (Wildman–Crippen MR) is 76.7 cm³/mol. The number of carbonyl (C=O) groups excluding carboxylic acids is 1. The molecule has 0 aliphatic rings. The van der Waals surface area contributed by atoms with E-state index in [1.54, 1.807) is 24.3 Å². The van der Waals surface area contributed by atoms with Crippen LogP contribution in [0.3, 0.4) is 0 Å². The van der Waals surface area contributed by atoms with Crippen LogP contribution in [0.2, 0.25) is 0 Å². The van der Waals surface area contributed by atoms with Crippen LogP contribution in [0.4, 0.5) is 0 Å². The third kappa shape index (κ3) is 3.61. The summed E-state index contributed by atoms with van der Waals surface area (Å²) in [6.45, 7) is -0.303. The Labute approximate surface area is 126 Å². The first kappa shape index (κ1) is 15.5. The summed E-state index contributed by atoms with van der Waals surface area (Å²) in [4.78, 5) is 34.9. The molecule has 1 aromatic heterocycles. The lowest BCUT2D eigenvalue weighted by Crippen LogP contribution is -2.47. The van der Waals surface area contributed by atoms with Crippen molar-refractivity contribution < 1.29 is 14.7 Å². The zero-order chi connectivity index (χ0) is 15.9. The van der Waals surface area contributed by atoms with Crippen LogP contribution < -0.4 is 11.1 Å². The van der Waals surface area contributed by atoms with Crippen molar-refractivity contribution in [1.82, 2.24) is 20.3 Å². The Morgan fingerprint density at radius 3 is 2.36 bits per heavy atom. The fourth-order valence-corrected chi connectivity index (χ4v) is 2.08. The number of carboxylic acids is 1. The molecule has 2 unspecified atom stereocenters. The summed E-state index contributed by atoms with van der Waals surface area (Å²) in [5.74, 6) is -2.26. The molecule has 0 aliphatic carbocycles. The van der Waals surface area contributed by atoms with Gasteiger partial charge in [-0.25, -0.2) is 19.7 Å². The van der Waals surface area contributed by atoms with Gasteiger partial charge in [0.15, 0.2) is 0 Å². The van der Waals surface area contributed by atoms with Gasteiger partial charge in [0.05, 0.1) is 12.5 Å². The molecule has 114 valence electrons. The third-order valence-electron chi connectivity index (χ3n) is 3.05. The van der Waals surface area contributed by atoms with Gasteiger partial charge in [0, 0.05) is 0 Å². The average Bonchev–Trinajstić information content (AvgIpc) is 2.56. The number of carbonyl (C=O) groups is 2. The maximum absolute atomic E-state index is 11.6. The van der Waals surface area contributed by atoms with Gasteiger partial charge in [-0.15, -0.1) is 0 Å². The molecule has 0 saturated carbocycles. The number of benzene rings is 1. The minimum atomic E-state index is -1.24. The summed E-state index contributed by atoms with van der Waals surface area (Å²) in [5.41, 5.74) is 5.92. The van der Waals surface area contributed by atoms with E-state index >= 15 is 0 Å². The lowest BCUT2D eigenvalue weighted by molar-refractivity contribution is -0.142. The Morgan fingerprint density at radius 2 is 1.82 bits per heavy atom. The van der Waals surface area contributed by atoms with Crippen molar-refractivity contribution in [3.05, 3.63) is 54.4 Å². The Balaban J connectivity index is 2.46. The number of hydrogen-bond acceptors (Lipinski definition) is 6. The summed E-state index contributed by atoms with van der Waals surface area (Å²) in [5, 5.41) is 11.9. The first-order chi connectivity index (χ1) is 10.6. The molecule has 8 heteroatoms. The average molecular weight is 301 g/mol. The molecule has 2 rings (SSSR count). The van der Waals surface area contributed by atoms with Gasteiger partial charge in [-0.05, 0) is 5.56 Å². The molecular weight excluding hydrogens is 286 g/mol. The molecule has 2 aromatic rings. The monoisotopic (exact) mass is 301 g/mol. The van der Waals surface area contributed by atoms with Crippen LogP contribution in [0.5, 0.6) is 0 Å². The van der Waals surface area contributed by atoms with E-state index in [1.807, 2.05) is 6.07 Å². The van der Waals surface area contributed by atoms with Crippen LogP contribution in [-0.2, 0) is 9.59 Å². The van der Waals surface area contributed by atoms with Crippen molar-refractivity contribution in [1.29, 1.82) is 0 Å². The molecule has 4 N–H and O–H groups in total. The molecule has 8 nitrogen and oxygen atoms in total. The lowest BCUT2D eigenvalue weighted by Gasteiger charge is -2.23. The molecule has 2 atom stereocenters. The summed E-state index contributed by atoms with van der Waals surface area (Å²) in [6, 6.07) is 7.61. The van der Waals surface area contributed by atoms with E-state index in [1.165, 1.54) is 12.7 Å². The summed E-state index contributed by atoms with van der Waals surface area (Å²) < 4.78 is 0. The topological polar surface area (TPSA) is 131 Å². The lowest BCUT2D eigenvalue weighted by atomic mass is 9.90. The molecule has 0 spiro atoms. The highest BCUT2D eigenvalue weighted by Gasteiger charge is 2.34. The SMILES string of the molecule is NCC(=O)NC(C(=O)O)C(c1ccccc1)c1ncncn1. The first-order valence-corrected chi connectivity index (χ1v) is 6.52. The van der Waals surface area contributed by atoms with E-state index in [0.717, 1.165) is 0 Å². The van der Waals surface area contributed by atoms with Crippen molar-refractivity contribution in [2.75, 3.05) is 6.54 Å². The molecule has 1 heterocycles. The standard InChI is InChI=1S/C14H15N5O3/c15-6-10(20)19-12(14(21)22)11(9-4-2-1-3-5-9)13-17-7-16-8-18-13/h1-5,7-8,11-12H,6,15H2,(H,19,20)(H,21,22). The van der Waals surface area contributed by atoms with Gasteiger partial charge in [0.2, 0.25) is 5.91 Å². The zero-order valence-electron chi connectivity index (χ0n) is 11.6. The maximum atomic E-state index is 11.6. The van der Waals surface area contributed by atoms with E-state index in [0.29, 0.717) is 5.56 Å². The molecule has 22 heavy (non-hydrogen) atoms. The van der Waals surface area contributed by atoms with Crippen molar-refractivity contribution in [3.63, 3.8) is 0 Å². The number of amides is 1. The Hall–Kier alpha value is -2.87. The Kier molecular flexibility index (Phi) is 5.10. The van der Waals surface area contributed by atoms with Crippen molar-refractivity contribution in [3.8, 4) is 0 Å². The fourth-order valence-electron chi connectivity index (χ4n) is 2.08. The maximum Gasteiger partial charge on any atom is 0.327 e. The minimum Gasteiger partial charge on any atom is -0.480 e. The summed E-state index contributed by atoms with van der Waals surface area (Å²) in [6.07, 6.45) is 2.56. The van der Waals surface area contributed by atoms with Gasteiger partial charge in [0.25, 0.3) is 0 Å². The van der Waals surface area contributed by atoms with E-state index in [9.17, 15) is 14.7 Å². The second kappa shape index (κ2) is 7.23. The largest absolute Gasteiger partial charge is 0.480 e. The van der Waals surface area contributed by atoms with Crippen LogP contribution in [0.15, 0.2) is 43.0 Å². The van der Waals surface area contributed by atoms with E-state index in [-0.39, 0.29) is 12.4 Å². The highest BCUT2D eigenvalue weighted by Crippen LogP contribution is 2.25. The Bertz CT molecular complexity index is 596. The van der Waals surface area contributed by atoms with Crippen molar-refractivity contribution >= 4 is 11.9 Å². The van der Waals surface area contributed by atoms with Gasteiger partial charge in [0.1, 0.15) is 24.5 Å². The van der Waals surface area contributed by atoms with Gasteiger partial charge in [-0.2, -0.15) is 0 Å². The molecular formula is C14H15N5O3. The van der Waals surface area contributed by atoms with E-state index in [2.05, 4.69) is 20.3 Å². The normalized spacial score (nSPS) is 13.1. The summed E-state index contributed by atoms with van der Waals surface area (Å²) >= 11 is 0. The quantitative estimate of drug-likeness (QED) is 0.657. The summed E-state index contributed by atoms with van der Waals surface area (Å²) in [7, 11) is 0. The molecule has 0 fully saturated rings. The van der Waals surface area contributed by atoms with E-state index < -0.39 is 23.8 Å². The zero-order valence-corrected chi connectivity index (χ0v) is 11.6. The number of hydrogen-bond donors (Lipinski definition) is 3. The number of carboxylic acid groups (broad SMARTS) is 1. The fraction of sp³-hybridized carbons (Fsp3) is 0.214. The first-order valence-electron chi connectivity index (χ1n) is 6.52. The molecule has 1 aromatic carbocycles. The second-order valence-corrected chi connectivity index (χ2v) is 4.47. The second-order valence-electron chi connectivity index (χ2n) is 4.47. The van der Waals surface area contributed by atoms with Crippen molar-refractivity contribution in [2.45, 2.75) is 12.0 Å². The van der Waals surface area contributed by atoms with Crippen molar-refractivity contribution in [2.24, 2.45) is 5.73 Å². The Morgan fingerprint density at radius 1 is 1.18 bits per heavy atom. The molecule has 0 radical (unpaired) electrons. The molecule has 0 bridgehead atoms. The molecule has 1 amide bonds. The molecule has 0 saturated heterocycles. The predicted octanol–water partition coefficient (Wildman–Crippen LogP) is -0.468. The third-order valence-corrected chi connectivity index (χ3v) is 3.05. The minimum absolute atomic E-state index is 0.255. The number of nitrogens with zero attached hydrogens (tertiary/aromatic N) is 3. The number of rotatable bonds is 6. The van der Waals surface area contributed by atoms with Crippen LogP contribution in [0.25, 0.3) is 0 Å². The number of aromatic nitrogens is 3. The molecule has 0 aliphatic heterocycles. The van der Waals surface area contributed by atoms with Gasteiger partial charge in [-0.1, -0.05) is 30.3 Å². The van der Waals surface area contributed by atoms with Crippen LogP contribution >= 0.6 is 0 Å². The van der Waals surface area contributed by atoms with Crippen LogP contribution in [0, 0.1) is 0 Å². The number of nitrogens with two attached hydrogens (primary N) is 1. The number of aliphatic carboxylic acids is 1. The highest BCUT2D eigenvalue weighted by molar-refractivity contribution is 5.85. The van der Waals surface area contributed by atoms with Crippen LogP contribution in [-0.4, -0.2) is 44.5 Å². The van der Waals surface area contributed by atoms with Crippen LogP contribution in [0.1, 0.15) is 17.3 Å². The van der Waals surface area contributed by atoms with Gasteiger partial charge < -0.3 is 16.2 Å².